The number of ether oxygens (including phenoxy) is 2. The van der Waals surface area contributed by atoms with Gasteiger partial charge in [-0.1, -0.05) is 36.4 Å². The van der Waals surface area contributed by atoms with Crippen molar-refractivity contribution < 1.29 is 45.8 Å². The van der Waals surface area contributed by atoms with Crippen molar-refractivity contribution in [3.8, 4) is 11.5 Å². The molecule has 1 aliphatic heterocycles. The van der Waals surface area contributed by atoms with Gasteiger partial charge < -0.3 is 14.6 Å². The largest absolute Gasteiger partial charge is 0.497 e. The number of fused-ring (bicyclic) bond motifs is 2. The molecule has 0 fully saturated rings. The third-order valence-electron chi connectivity index (χ3n) is 9.16. The SMILES string of the molecule is CCN(c1cc(CCCN2C(=O)c3ccccc3C2=O)c(N(CC(=O)O)S(=O)(=O)c2ccc(OC)cc2)c2ccccc12)S(=O)(=O)c1ccc(OC)cc1. The van der Waals surface area contributed by atoms with Crippen LogP contribution in [0.15, 0.2) is 113 Å². The van der Waals surface area contributed by atoms with Crippen LogP contribution in [0.5, 0.6) is 11.5 Å². The van der Waals surface area contributed by atoms with E-state index in [1.54, 1.807) is 61.5 Å². The maximum atomic E-state index is 14.4. The summed E-state index contributed by atoms with van der Waals surface area (Å²) < 4.78 is 69.8. The zero-order valence-electron chi connectivity index (χ0n) is 29.6. The standard InChI is InChI=1S/C39H37N3O10S2/c1-4-41(53(47,48)29-19-15-27(51-2)16-20-29)35-24-26(10-9-23-40-38(45)33-13-7-8-14-34(33)39(40)46)37(32-12-6-5-11-31(32)35)42(25-36(43)44)54(49,50)30-21-17-28(52-3)18-22-30/h5-8,11-22,24H,4,9-10,23,25H2,1-3H3,(H,43,44). The van der Waals surface area contributed by atoms with E-state index in [4.69, 9.17) is 9.47 Å². The van der Waals surface area contributed by atoms with Gasteiger partial charge in [-0.2, -0.15) is 0 Å². The van der Waals surface area contributed by atoms with Gasteiger partial charge in [0.15, 0.2) is 0 Å². The highest BCUT2D eigenvalue weighted by atomic mass is 32.2. The van der Waals surface area contributed by atoms with Crippen LogP contribution in [0.3, 0.4) is 0 Å². The average molecular weight is 772 g/mol. The van der Waals surface area contributed by atoms with Crippen molar-refractivity contribution in [2.24, 2.45) is 0 Å². The number of imide groups is 1. The molecule has 6 rings (SSSR count). The van der Waals surface area contributed by atoms with E-state index in [0.717, 1.165) is 9.21 Å². The van der Waals surface area contributed by atoms with Crippen molar-refractivity contribution in [3.05, 3.63) is 120 Å². The molecule has 1 aliphatic rings. The summed E-state index contributed by atoms with van der Waals surface area (Å²) in [4.78, 5) is 39.7. The molecule has 1 N–H and O–H groups in total. The number of rotatable bonds is 15. The van der Waals surface area contributed by atoms with Crippen molar-refractivity contribution in [1.29, 1.82) is 0 Å². The lowest BCUT2D eigenvalue weighted by molar-refractivity contribution is -0.135. The normalized spacial score (nSPS) is 12.8. The first kappa shape index (κ1) is 37.8. The molecule has 0 saturated heterocycles. The van der Waals surface area contributed by atoms with Crippen molar-refractivity contribution >= 4 is 60.0 Å². The second kappa shape index (κ2) is 15.2. The minimum atomic E-state index is -4.56. The van der Waals surface area contributed by atoms with Crippen molar-refractivity contribution in [3.63, 3.8) is 0 Å². The fraction of sp³-hybridized carbons (Fsp3) is 0.205. The number of carboxylic acid groups (broad SMARTS) is 1. The van der Waals surface area contributed by atoms with E-state index in [9.17, 15) is 36.3 Å². The second-order valence-corrected chi connectivity index (χ2v) is 16.0. The number of aryl methyl sites for hydroxylation is 1. The molecule has 54 heavy (non-hydrogen) atoms. The van der Waals surface area contributed by atoms with Crippen LogP contribution in [-0.4, -0.2) is 78.5 Å². The fourth-order valence-corrected chi connectivity index (χ4v) is 9.54. The number of carboxylic acids is 1. The Kier molecular flexibility index (Phi) is 10.6. The summed E-state index contributed by atoms with van der Waals surface area (Å²) in [5.41, 5.74) is 1.07. The van der Waals surface area contributed by atoms with E-state index < -0.39 is 44.4 Å². The zero-order chi connectivity index (χ0) is 38.8. The summed E-state index contributed by atoms with van der Waals surface area (Å²) in [6.07, 6.45) is 0.159. The van der Waals surface area contributed by atoms with Gasteiger partial charge in [0, 0.05) is 23.9 Å². The van der Waals surface area contributed by atoms with Crippen LogP contribution >= 0.6 is 0 Å². The lowest BCUT2D eigenvalue weighted by Gasteiger charge is -2.30. The number of aliphatic carboxylic acids is 1. The average Bonchev–Trinajstić information content (AvgIpc) is 3.42. The number of carbonyl (C=O) groups is 3. The van der Waals surface area contributed by atoms with Gasteiger partial charge in [-0.15, -0.1) is 0 Å². The maximum Gasteiger partial charge on any atom is 0.324 e. The van der Waals surface area contributed by atoms with Gasteiger partial charge in [0.05, 0.1) is 46.5 Å². The van der Waals surface area contributed by atoms with Gasteiger partial charge in [-0.3, -0.25) is 27.9 Å². The Morgan fingerprint density at radius 3 is 1.67 bits per heavy atom. The molecule has 15 heteroatoms. The predicted molar refractivity (Wildman–Crippen MR) is 202 cm³/mol. The number of hydrogen-bond donors (Lipinski definition) is 1. The van der Waals surface area contributed by atoms with Gasteiger partial charge in [0.2, 0.25) is 0 Å². The third-order valence-corrected chi connectivity index (χ3v) is 12.8. The highest BCUT2D eigenvalue weighted by Gasteiger charge is 2.36. The number of methoxy groups -OCH3 is 2. The molecule has 0 bridgehead atoms. The predicted octanol–water partition coefficient (Wildman–Crippen LogP) is 5.58. The van der Waals surface area contributed by atoms with Crippen molar-refractivity contribution in [2.75, 3.05) is 42.5 Å². The van der Waals surface area contributed by atoms with Crippen LogP contribution in [-0.2, 0) is 31.3 Å². The number of hydrogen-bond acceptors (Lipinski definition) is 9. The first-order valence-corrected chi connectivity index (χ1v) is 19.8. The van der Waals surface area contributed by atoms with Gasteiger partial charge in [0.1, 0.15) is 18.0 Å². The molecule has 13 nitrogen and oxygen atoms in total. The summed E-state index contributed by atoms with van der Waals surface area (Å²) in [5.74, 6) is -1.52. The third kappa shape index (κ3) is 6.95. The van der Waals surface area contributed by atoms with E-state index in [2.05, 4.69) is 0 Å². The second-order valence-electron chi connectivity index (χ2n) is 12.3. The van der Waals surface area contributed by atoms with Gasteiger partial charge in [-0.05, 0) is 92.1 Å². The lowest BCUT2D eigenvalue weighted by Crippen LogP contribution is -2.37. The highest BCUT2D eigenvalue weighted by molar-refractivity contribution is 7.93. The van der Waals surface area contributed by atoms with E-state index in [-0.39, 0.29) is 69.2 Å². The quantitative estimate of drug-likeness (QED) is 0.133. The van der Waals surface area contributed by atoms with Crippen LogP contribution in [0.2, 0.25) is 0 Å². The molecule has 5 aromatic carbocycles. The molecule has 0 saturated carbocycles. The Morgan fingerprint density at radius 1 is 0.704 bits per heavy atom. The Balaban J connectivity index is 1.53. The minimum Gasteiger partial charge on any atom is -0.497 e. The Hall–Kier alpha value is -5.93. The van der Waals surface area contributed by atoms with Crippen molar-refractivity contribution in [2.45, 2.75) is 29.6 Å². The van der Waals surface area contributed by atoms with E-state index in [0.29, 0.717) is 16.9 Å². The van der Waals surface area contributed by atoms with E-state index in [1.807, 2.05) is 0 Å². The van der Waals surface area contributed by atoms with Crippen LogP contribution < -0.4 is 18.1 Å². The van der Waals surface area contributed by atoms with Gasteiger partial charge >= 0.3 is 5.97 Å². The number of anilines is 2. The monoisotopic (exact) mass is 771 g/mol. The Morgan fingerprint density at radius 2 is 1.19 bits per heavy atom. The van der Waals surface area contributed by atoms with Crippen LogP contribution in [0.1, 0.15) is 39.6 Å². The minimum absolute atomic E-state index is 0.0138. The van der Waals surface area contributed by atoms with E-state index in [1.165, 1.54) is 67.1 Å². The molecule has 280 valence electrons. The highest BCUT2D eigenvalue weighted by Crippen LogP contribution is 2.42. The molecule has 0 aliphatic carbocycles. The Bertz CT molecular complexity index is 2430. The molecular formula is C39H37N3O10S2. The lowest BCUT2D eigenvalue weighted by atomic mass is 9.98. The molecule has 0 unspecified atom stereocenters. The molecule has 2 amide bonds. The number of carbonyl (C=O) groups excluding carboxylic acids is 2. The topological polar surface area (TPSA) is 168 Å². The van der Waals surface area contributed by atoms with Crippen LogP contribution in [0.25, 0.3) is 10.8 Å². The molecule has 0 atom stereocenters. The first-order valence-electron chi connectivity index (χ1n) is 16.9. The number of sulfonamides is 2. The number of nitrogens with zero attached hydrogens (tertiary/aromatic N) is 3. The molecule has 0 spiro atoms. The molecule has 5 aromatic rings. The molecule has 0 radical (unpaired) electrons. The van der Waals surface area contributed by atoms with Crippen LogP contribution in [0.4, 0.5) is 11.4 Å². The molecular weight excluding hydrogens is 735 g/mol. The summed E-state index contributed by atoms with van der Waals surface area (Å²) in [6, 6.07) is 26.0. The summed E-state index contributed by atoms with van der Waals surface area (Å²) in [5, 5.41) is 10.7. The van der Waals surface area contributed by atoms with Crippen LogP contribution in [0, 0.1) is 0 Å². The Labute approximate surface area is 313 Å². The van der Waals surface area contributed by atoms with Gasteiger partial charge in [0.25, 0.3) is 31.9 Å². The van der Waals surface area contributed by atoms with E-state index >= 15 is 0 Å². The zero-order valence-corrected chi connectivity index (χ0v) is 31.3. The number of benzene rings is 5. The maximum absolute atomic E-state index is 14.4. The molecule has 0 aromatic heterocycles. The smallest absolute Gasteiger partial charge is 0.324 e. The fourth-order valence-electron chi connectivity index (χ4n) is 6.59. The molecule has 1 heterocycles. The first-order chi connectivity index (χ1) is 25.8. The summed E-state index contributed by atoms with van der Waals surface area (Å²) in [7, 11) is -5.88. The van der Waals surface area contributed by atoms with Gasteiger partial charge in [-0.25, -0.2) is 16.8 Å². The summed E-state index contributed by atoms with van der Waals surface area (Å²) in [6.45, 7) is 0.635. The number of amides is 2. The van der Waals surface area contributed by atoms with Crippen molar-refractivity contribution in [1.82, 2.24) is 4.90 Å². The summed E-state index contributed by atoms with van der Waals surface area (Å²) >= 11 is 0.